The van der Waals surface area contributed by atoms with Crippen molar-refractivity contribution in [2.75, 3.05) is 0 Å². The van der Waals surface area contributed by atoms with E-state index in [0.29, 0.717) is 27.9 Å². The average molecular weight is 269 g/mol. The van der Waals surface area contributed by atoms with Gasteiger partial charge in [-0.25, -0.2) is 4.98 Å². The summed E-state index contributed by atoms with van der Waals surface area (Å²) in [5, 5.41) is 0.691. The summed E-state index contributed by atoms with van der Waals surface area (Å²) in [6.07, 6.45) is 3.86. The molecule has 0 saturated heterocycles. The maximum absolute atomic E-state index is 12.3. The van der Waals surface area contributed by atoms with E-state index in [2.05, 4.69) is 4.98 Å². The van der Waals surface area contributed by atoms with Crippen LogP contribution < -0.4 is 0 Å². The number of hydrogen-bond donors (Lipinski definition) is 0. The zero-order valence-corrected chi connectivity index (χ0v) is 10.7. The molecule has 0 N–H and O–H groups in total. The number of benzene rings is 1. The number of carbonyl (C=O) groups is 1. The zero-order valence-electron chi connectivity index (χ0n) is 9.15. The summed E-state index contributed by atoms with van der Waals surface area (Å²) < 4.78 is 1.47. The van der Waals surface area contributed by atoms with Gasteiger partial charge in [-0.15, -0.1) is 0 Å². The Labute approximate surface area is 109 Å². The smallest absolute Gasteiger partial charge is 0.266 e. The van der Waals surface area contributed by atoms with Gasteiger partial charge in [0.2, 0.25) is 0 Å². The molecule has 88 valence electrons. The first-order chi connectivity index (χ1) is 8.15. The molecule has 0 aliphatic heterocycles. The van der Waals surface area contributed by atoms with Crippen molar-refractivity contribution in [3.63, 3.8) is 0 Å². The Bertz CT molecular complexity index is 543. The molecule has 0 amide bonds. The van der Waals surface area contributed by atoms with Crippen LogP contribution in [0.15, 0.2) is 30.6 Å². The molecule has 0 radical (unpaired) electrons. The van der Waals surface area contributed by atoms with Gasteiger partial charge in [-0.1, -0.05) is 36.2 Å². The van der Waals surface area contributed by atoms with Crippen molar-refractivity contribution >= 4 is 29.1 Å². The van der Waals surface area contributed by atoms with Gasteiger partial charge < -0.3 is 0 Å². The van der Waals surface area contributed by atoms with Gasteiger partial charge in [0, 0.05) is 18.8 Å². The molecule has 0 atom stereocenters. The molecule has 0 aliphatic rings. The molecule has 0 saturated carbocycles. The lowest BCUT2D eigenvalue weighted by Gasteiger charge is -2.08. The topological polar surface area (TPSA) is 34.9 Å². The normalized spacial score (nSPS) is 10.5. The van der Waals surface area contributed by atoms with Crippen LogP contribution in [0.1, 0.15) is 23.1 Å². The van der Waals surface area contributed by atoms with Crippen molar-refractivity contribution in [1.29, 1.82) is 0 Å². The van der Waals surface area contributed by atoms with E-state index < -0.39 is 0 Å². The van der Waals surface area contributed by atoms with Gasteiger partial charge >= 0.3 is 0 Å². The predicted octanol–water partition coefficient (Wildman–Crippen LogP) is 3.44. The van der Waals surface area contributed by atoms with E-state index in [0.717, 1.165) is 0 Å². The highest BCUT2D eigenvalue weighted by Crippen LogP contribution is 2.25. The van der Waals surface area contributed by atoms with Crippen LogP contribution in [0.2, 0.25) is 10.0 Å². The Morgan fingerprint density at radius 1 is 1.35 bits per heavy atom. The maximum atomic E-state index is 12.3. The van der Waals surface area contributed by atoms with E-state index in [-0.39, 0.29) is 5.91 Å². The third-order valence-electron chi connectivity index (χ3n) is 2.43. The van der Waals surface area contributed by atoms with Gasteiger partial charge in [-0.2, -0.15) is 0 Å². The summed E-state index contributed by atoms with van der Waals surface area (Å²) in [6, 6.07) is 4.99. The largest absolute Gasteiger partial charge is 0.269 e. The second kappa shape index (κ2) is 4.90. The highest BCUT2D eigenvalue weighted by atomic mass is 35.5. The molecule has 0 unspecified atom stereocenters. The van der Waals surface area contributed by atoms with Crippen molar-refractivity contribution in [2.24, 2.45) is 0 Å². The summed E-state index contributed by atoms with van der Waals surface area (Å²) in [5.41, 5.74) is 0.309. The molecule has 2 rings (SSSR count). The van der Waals surface area contributed by atoms with E-state index in [1.807, 2.05) is 6.92 Å². The summed E-state index contributed by atoms with van der Waals surface area (Å²) in [4.78, 5) is 16.4. The van der Waals surface area contributed by atoms with Crippen LogP contribution in [-0.4, -0.2) is 15.5 Å². The number of aromatic nitrogens is 2. The number of carbonyl (C=O) groups excluding carboxylic acids is 1. The molecular formula is C12H10Cl2N2O. The quantitative estimate of drug-likeness (QED) is 0.837. The minimum absolute atomic E-state index is 0.255. The lowest BCUT2D eigenvalue weighted by molar-refractivity contribution is 0.0957. The number of hydrogen-bond acceptors (Lipinski definition) is 2. The van der Waals surface area contributed by atoms with Crippen LogP contribution in [0.3, 0.4) is 0 Å². The highest BCUT2D eigenvalue weighted by molar-refractivity contribution is 6.39. The number of imidazole rings is 1. The fourth-order valence-electron chi connectivity index (χ4n) is 1.60. The van der Waals surface area contributed by atoms with Crippen LogP contribution in [0.4, 0.5) is 0 Å². The number of rotatable bonds is 2. The third-order valence-corrected chi connectivity index (χ3v) is 3.06. The van der Waals surface area contributed by atoms with Gasteiger partial charge in [0.25, 0.3) is 5.91 Å². The molecule has 0 spiro atoms. The van der Waals surface area contributed by atoms with Crippen molar-refractivity contribution < 1.29 is 4.79 Å². The van der Waals surface area contributed by atoms with Crippen LogP contribution in [0.5, 0.6) is 0 Å². The van der Waals surface area contributed by atoms with Crippen LogP contribution in [0.25, 0.3) is 0 Å². The lowest BCUT2D eigenvalue weighted by Crippen LogP contribution is -2.15. The van der Waals surface area contributed by atoms with E-state index in [9.17, 15) is 4.79 Å². The summed E-state index contributed by atoms with van der Waals surface area (Å²) >= 11 is 12.0. The molecule has 1 aromatic carbocycles. The van der Waals surface area contributed by atoms with Gasteiger partial charge in [0.05, 0.1) is 15.6 Å². The molecule has 5 heteroatoms. The van der Waals surface area contributed by atoms with E-state index in [4.69, 9.17) is 23.2 Å². The number of aryl methyl sites for hydroxylation is 1. The molecule has 2 aromatic rings. The average Bonchev–Trinajstić information content (AvgIpc) is 2.76. The summed E-state index contributed by atoms with van der Waals surface area (Å²) in [7, 11) is 0. The Morgan fingerprint density at radius 3 is 2.59 bits per heavy atom. The highest BCUT2D eigenvalue weighted by Gasteiger charge is 2.18. The predicted molar refractivity (Wildman–Crippen MR) is 67.8 cm³/mol. The van der Waals surface area contributed by atoms with Crippen LogP contribution in [-0.2, 0) is 6.42 Å². The van der Waals surface area contributed by atoms with Gasteiger partial charge in [-0.05, 0) is 12.1 Å². The minimum atomic E-state index is -0.255. The number of nitrogens with zero attached hydrogens (tertiary/aromatic N) is 2. The van der Waals surface area contributed by atoms with E-state index in [1.165, 1.54) is 4.57 Å². The summed E-state index contributed by atoms with van der Waals surface area (Å²) in [6.45, 7) is 1.93. The Morgan fingerprint density at radius 2 is 2.00 bits per heavy atom. The first kappa shape index (κ1) is 12.1. The molecule has 17 heavy (non-hydrogen) atoms. The molecule has 0 fully saturated rings. The minimum Gasteiger partial charge on any atom is -0.269 e. The monoisotopic (exact) mass is 268 g/mol. The van der Waals surface area contributed by atoms with Gasteiger partial charge in [0.1, 0.15) is 5.82 Å². The second-order valence-corrected chi connectivity index (χ2v) is 4.28. The molecule has 0 aliphatic carbocycles. The maximum Gasteiger partial charge on any atom is 0.266 e. The molecule has 1 heterocycles. The SMILES string of the molecule is CCc1nccn1C(=O)c1c(Cl)cccc1Cl. The molecule has 1 aromatic heterocycles. The van der Waals surface area contributed by atoms with E-state index in [1.54, 1.807) is 30.6 Å². The number of halogens is 2. The second-order valence-electron chi connectivity index (χ2n) is 3.47. The zero-order chi connectivity index (χ0) is 12.4. The lowest BCUT2D eigenvalue weighted by atomic mass is 10.2. The van der Waals surface area contributed by atoms with Crippen LogP contribution in [0, 0.1) is 0 Å². The van der Waals surface area contributed by atoms with Crippen molar-refractivity contribution in [1.82, 2.24) is 9.55 Å². The standard InChI is InChI=1S/C12H10Cl2N2O/c1-2-10-15-6-7-16(10)12(17)11-8(13)4-3-5-9(11)14/h3-7H,2H2,1H3. The van der Waals surface area contributed by atoms with Crippen molar-refractivity contribution in [3.8, 4) is 0 Å². The van der Waals surface area contributed by atoms with Gasteiger partial charge in [0.15, 0.2) is 0 Å². The van der Waals surface area contributed by atoms with E-state index >= 15 is 0 Å². The van der Waals surface area contributed by atoms with Crippen molar-refractivity contribution in [3.05, 3.63) is 52.0 Å². The Kier molecular flexibility index (Phi) is 3.50. The Hall–Kier alpha value is -1.32. The molecule has 0 bridgehead atoms. The summed E-state index contributed by atoms with van der Waals surface area (Å²) in [5.74, 6) is 0.431. The Balaban J connectivity index is 2.51. The fourth-order valence-corrected chi connectivity index (χ4v) is 2.16. The van der Waals surface area contributed by atoms with Crippen LogP contribution >= 0.6 is 23.2 Å². The first-order valence-corrected chi connectivity index (χ1v) is 5.91. The first-order valence-electron chi connectivity index (χ1n) is 5.16. The van der Waals surface area contributed by atoms with Crippen molar-refractivity contribution in [2.45, 2.75) is 13.3 Å². The molecule has 3 nitrogen and oxygen atoms in total. The fraction of sp³-hybridized carbons (Fsp3) is 0.167. The molecular weight excluding hydrogens is 259 g/mol. The third kappa shape index (κ3) is 2.21. The van der Waals surface area contributed by atoms with Gasteiger partial charge in [-0.3, -0.25) is 9.36 Å².